The number of carboxylic acid groups (broad SMARTS) is 1. The second-order valence-electron chi connectivity index (χ2n) is 17.4. The highest BCUT2D eigenvalue weighted by Crippen LogP contribution is 2.52. The van der Waals surface area contributed by atoms with Crippen LogP contribution in [0.15, 0.2) is 37.2 Å². The predicted molar refractivity (Wildman–Crippen MR) is 215 cm³/mol. The van der Waals surface area contributed by atoms with E-state index in [1.165, 1.54) is 17.3 Å². The van der Waals surface area contributed by atoms with E-state index < -0.39 is 58.9 Å². The van der Waals surface area contributed by atoms with E-state index in [9.17, 15) is 24.3 Å². The molecule has 60 heavy (non-hydrogen) atoms. The number of amides is 3. The maximum absolute atomic E-state index is 14.7. The van der Waals surface area contributed by atoms with Gasteiger partial charge in [0.25, 0.3) is 0 Å². The first-order valence-corrected chi connectivity index (χ1v) is 20.8. The highest BCUT2D eigenvalue weighted by atomic mass is 35.5. The van der Waals surface area contributed by atoms with Crippen LogP contribution in [-0.2, 0) is 23.9 Å². The number of likely N-dealkylation sites (tertiary alicyclic amines) is 1. The average Bonchev–Trinajstić information content (AvgIpc) is 3.85. The van der Waals surface area contributed by atoms with Crippen molar-refractivity contribution < 1.29 is 48.0 Å². The summed E-state index contributed by atoms with van der Waals surface area (Å²) in [4.78, 5) is 66.9. The van der Waals surface area contributed by atoms with Gasteiger partial charge >= 0.3 is 18.1 Å². The fourth-order valence-corrected chi connectivity index (χ4v) is 8.91. The molecular weight excluding hydrogens is 800 g/mol. The van der Waals surface area contributed by atoms with Gasteiger partial charge in [-0.1, -0.05) is 38.4 Å². The van der Waals surface area contributed by atoms with E-state index in [2.05, 4.69) is 42.3 Å². The summed E-state index contributed by atoms with van der Waals surface area (Å²) >= 11 is 6.96. The number of aromatic amines is 1. The zero-order chi connectivity index (χ0) is 42.3. The first kappa shape index (κ1) is 41.5. The molecule has 5 aliphatic rings. The van der Waals surface area contributed by atoms with Crippen LogP contribution in [0.1, 0.15) is 52.9 Å². The molecule has 8 rings (SSSR count). The van der Waals surface area contributed by atoms with Crippen LogP contribution in [0.2, 0.25) is 5.02 Å². The molecule has 4 heterocycles. The van der Waals surface area contributed by atoms with Gasteiger partial charge in [-0.2, -0.15) is 10.1 Å². The van der Waals surface area contributed by atoms with Gasteiger partial charge in [0.15, 0.2) is 0 Å². The highest BCUT2D eigenvalue weighted by molar-refractivity contribution is 6.36. The maximum Gasteiger partial charge on any atom is 0.408 e. The molecule has 2 aromatic heterocycles. The Balaban J connectivity index is 1.07. The number of carboxylic acids is 1. The normalized spacial score (nSPS) is 27.7. The van der Waals surface area contributed by atoms with Gasteiger partial charge in [-0.3, -0.25) is 14.5 Å². The van der Waals surface area contributed by atoms with Crippen molar-refractivity contribution in [3.63, 3.8) is 0 Å². The predicted octanol–water partition coefficient (Wildman–Crippen LogP) is 3.94. The largest absolute Gasteiger partial charge is 0.491 e. The summed E-state index contributed by atoms with van der Waals surface area (Å²) in [6.45, 7) is 13.1. The monoisotopic (exact) mass is 850 g/mol. The number of H-pyrrole nitrogens is 1. The number of morpholine rings is 1. The zero-order valence-electron chi connectivity index (χ0n) is 33.9. The summed E-state index contributed by atoms with van der Waals surface area (Å²) in [6.07, 6.45) is 3.97. The summed E-state index contributed by atoms with van der Waals surface area (Å²) in [5.74, 6) is -0.993. The number of ether oxygens (including phenoxy) is 5. The second kappa shape index (κ2) is 16.7. The second-order valence-corrected chi connectivity index (χ2v) is 17.8. The Morgan fingerprint density at radius 3 is 2.55 bits per heavy atom. The highest BCUT2D eigenvalue weighted by Gasteiger charge is 2.61. The molecule has 3 aromatic rings. The zero-order valence-corrected chi connectivity index (χ0v) is 34.6. The van der Waals surface area contributed by atoms with Crippen LogP contribution in [0.25, 0.3) is 10.9 Å². The lowest BCUT2D eigenvalue weighted by molar-refractivity contribution is -0.146. The third-order valence-corrected chi connectivity index (χ3v) is 12.6. The molecule has 3 saturated carbocycles. The van der Waals surface area contributed by atoms with Crippen molar-refractivity contribution in [1.82, 2.24) is 40.6 Å². The Morgan fingerprint density at radius 2 is 1.88 bits per heavy atom. The van der Waals surface area contributed by atoms with Crippen LogP contribution in [-0.4, -0.2) is 135 Å². The molecule has 0 radical (unpaired) electrons. The summed E-state index contributed by atoms with van der Waals surface area (Å²) in [5.41, 5.74) is -2.06. The molecule has 19 heteroatoms. The average molecular weight is 851 g/mol. The van der Waals surface area contributed by atoms with Crippen LogP contribution < -0.4 is 24.8 Å². The Bertz CT molecular complexity index is 2120. The Labute approximate surface area is 351 Å². The topological polar surface area (TPSA) is 220 Å². The standard InChI is InChI=1S/C41H51ClN8O10/c1-5-24-19-41(24,37(53)54)47-35(51)28-17-26(20-50(28)36(52)34(40(2,3)4)46-39(55)59-25-15-22-14-23(22)16-25)58-30-18-31(60-38-43-21-44-48-38)45-33-27(30)6-7-29(32(33)42)57-13-10-49-8-11-56-12-9-49/h5-7,18,21-26,28,34H,1,8-17,19-20H2,2-4H3,(H,46,55)(H,47,51)(H,53,54)(H,43,44,48)/t22-,23+,24-,25?,26-,28+,34-,41-/m1/s1. The molecule has 5 fully saturated rings. The molecule has 3 amide bonds. The van der Waals surface area contributed by atoms with Crippen molar-refractivity contribution in [3.8, 4) is 23.4 Å². The van der Waals surface area contributed by atoms with E-state index in [4.69, 9.17) is 35.3 Å². The fourth-order valence-electron chi connectivity index (χ4n) is 8.65. The van der Waals surface area contributed by atoms with Gasteiger partial charge in [0.05, 0.1) is 19.8 Å². The number of carbonyl (C=O) groups excluding carboxylic acids is 3. The number of halogens is 1. The van der Waals surface area contributed by atoms with Crippen molar-refractivity contribution in [2.45, 2.75) is 82.7 Å². The fraction of sp³-hybridized carbons (Fsp3) is 0.585. The number of benzene rings is 1. The molecule has 0 spiro atoms. The van der Waals surface area contributed by atoms with Crippen molar-refractivity contribution >= 4 is 46.4 Å². The summed E-state index contributed by atoms with van der Waals surface area (Å²) in [7, 11) is 0. The van der Waals surface area contributed by atoms with Gasteiger partial charge in [-0.25, -0.2) is 19.7 Å². The van der Waals surface area contributed by atoms with Gasteiger partial charge in [-0.15, -0.1) is 6.58 Å². The first-order valence-electron chi connectivity index (χ1n) is 20.4. The molecule has 3 aliphatic carbocycles. The quantitative estimate of drug-likeness (QED) is 0.159. The van der Waals surface area contributed by atoms with E-state index in [0.717, 1.165) is 32.4 Å². The van der Waals surface area contributed by atoms with Gasteiger partial charge < -0.3 is 44.3 Å². The number of hydrogen-bond donors (Lipinski definition) is 4. The lowest BCUT2D eigenvalue weighted by atomic mass is 9.85. The molecule has 0 bridgehead atoms. The minimum atomic E-state index is -1.55. The molecule has 2 aliphatic heterocycles. The van der Waals surface area contributed by atoms with Gasteiger partial charge in [0.1, 0.15) is 64.8 Å². The number of aromatic nitrogens is 4. The van der Waals surface area contributed by atoms with Crippen LogP contribution in [0.3, 0.4) is 0 Å². The number of carbonyl (C=O) groups is 4. The van der Waals surface area contributed by atoms with Crippen LogP contribution in [0, 0.1) is 23.2 Å². The molecule has 1 aromatic carbocycles. The molecule has 4 N–H and O–H groups in total. The molecule has 18 nitrogen and oxygen atoms in total. The van der Waals surface area contributed by atoms with Crippen molar-refractivity contribution in [1.29, 1.82) is 0 Å². The molecule has 322 valence electrons. The minimum Gasteiger partial charge on any atom is -0.491 e. The van der Waals surface area contributed by atoms with E-state index in [1.807, 2.05) is 20.8 Å². The first-order chi connectivity index (χ1) is 28.7. The number of alkyl carbamates (subject to hydrolysis) is 1. The smallest absolute Gasteiger partial charge is 0.408 e. The minimum absolute atomic E-state index is 0.0171. The Kier molecular flexibility index (Phi) is 11.6. The number of aliphatic carboxylic acids is 1. The lowest BCUT2D eigenvalue weighted by Gasteiger charge is -2.35. The number of nitrogens with zero attached hydrogens (tertiary/aromatic N) is 5. The van der Waals surface area contributed by atoms with E-state index in [0.29, 0.717) is 54.9 Å². The number of hydrogen-bond acceptors (Lipinski definition) is 13. The third kappa shape index (κ3) is 8.81. The molecule has 1 unspecified atom stereocenters. The molecule has 2 saturated heterocycles. The van der Waals surface area contributed by atoms with Crippen LogP contribution in [0.4, 0.5) is 4.79 Å². The van der Waals surface area contributed by atoms with E-state index in [1.54, 1.807) is 18.2 Å². The summed E-state index contributed by atoms with van der Waals surface area (Å²) < 4.78 is 29.8. The number of rotatable bonds is 15. The van der Waals surface area contributed by atoms with Crippen molar-refractivity contribution in [2.75, 3.05) is 46.0 Å². The lowest BCUT2D eigenvalue weighted by Crippen LogP contribution is -2.59. The van der Waals surface area contributed by atoms with Crippen LogP contribution in [0.5, 0.6) is 23.4 Å². The Morgan fingerprint density at radius 1 is 1.12 bits per heavy atom. The number of nitrogens with one attached hydrogen (secondary N) is 3. The maximum atomic E-state index is 14.7. The van der Waals surface area contributed by atoms with Gasteiger partial charge in [0, 0.05) is 43.4 Å². The van der Waals surface area contributed by atoms with Gasteiger partial charge in [-0.05, 0) is 55.1 Å². The molecule has 8 atom stereocenters. The van der Waals surface area contributed by atoms with Crippen LogP contribution >= 0.6 is 11.6 Å². The third-order valence-electron chi connectivity index (χ3n) is 12.2. The Hall–Kier alpha value is -5.20. The van der Waals surface area contributed by atoms with E-state index >= 15 is 0 Å². The van der Waals surface area contributed by atoms with E-state index in [-0.39, 0.29) is 48.2 Å². The van der Waals surface area contributed by atoms with Crippen molar-refractivity contribution in [2.24, 2.45) is 23.2 Å². The molecular formula is C41H51ClN8O10. The van der Waals surface area contributed by atoms with Gasteiger partial charge in [0.2, 0.25) is 17.7 Å². The number of fused-ring (bicyclic) bond motifs is 2. The summed E-state index contributed by atoms with van der Waals surface area (Å²) in [5, 5.41) is 22.8. The summed E-state index contributed by atoms with van der Waals surface area (Å²) in [6, 6.07) is 2.81. The SMILES string of the molecule is C=C[C@@H]1C[C@]1(NC(=O)[C@@H]1C[C@@H](Oc2cc(Oc3ncn[nH]3)nc3c(Cl)c(OCCN4CCOCC4)ccc23)CN1C(=O)[C@@H](NC(=O)OC1C[C@@H]2C[C@@H]2C1)C(C)(C)C)C(=O)O. The van der Waals surface area contributed by atoms with Crippen molar-refractivity contribution in [3.05, 3.63) is 42.2 Å². The number of pyridine rings is 1.